The van der Waals surface area contributed by atoms with Crippen LogP contribution in [0.1, 0.15) is 55.6 Å². The molecule has 5 heteroatoms. The molecule has 2 fully saturated rings. The number of piperidine rings is 1. The van der Waals surface area contributed by atoms with E-state index in [9.17, 15) is 4.79 Å². The minimum absolute atomic E-state index is 0.0348. The van der Waals surface area contributed by atoms with E-state index in [-0.39, 0.29) is 5.91 Å². The first kappa shape index (κ1) is 14.4. The maximum atomic E-state index is 12.5. The lowest BCUT2D eigenvalue weighted by molar-refractivity contribution is 0.0901. The molecule has 1 saturated heterocycles. The van der Waals surface area contributed by atoms with Crippen molar-refractivity contribution in [2.45, 2.75) is 51.1 Å². The van der Waals surface area contributed by atoms with E-state index < -0.39 is 0 Å². The topological polar surface area (TPSA) is 63.3 Å². The Morgan fingerprint density at radius 2 is 2.05 bits per heavy atom. The minimum atomic E-state index is 0.0348. The van der Waals surface area contributed by atoms with Crippen LogP contribution in [0.5, 0.6) is 0 Å². The molecular formula is C16H26N4O. The Balaban J connectivity index is 1.57. The van der Waals surface area contributed by atoms with E-state index in [4.69, 9.17) is 5.73 Å². The number of hydrogen-bond acceptors (Lipinski definition) is 3. The zero-order valence-electron chi connectivity index (χ0n) is 12.8. The van der Waals surface area contributed by atoms with Crippen molar-refractivity contribution in [1.82, 2.24) is 14.8 Å². The molecule has 0 atom stereocenters. The second-order valence-electron chi connectivity index (χ2n) is 6.39. The van der Waals surface area contributed by atoms with Gasteiger partial charge in [-0.25, -0.2) is 0 Å². The fraction of sp³-hybridized carbons (Fsp3) is 0.688. The first-order valence-electron chi connectivity index (χ1n) is 8.18. The molecule has 0 aromatic carbocycles. The van der Waals surface area contributed by atoms with Crippen molar-refractivity contribution < 1.29 is 4.79 Å². The van der Waals surface area contributed by atoms with Crippen molar-refractivity contribution >= 4 is 11.6 Å². The highest BCUT2D eigenvalue weighted by Gasteiger charge is 2.29. The standard InChI is InChI=1S/C16H26N4O/c1-2-7-19-8-5-13(6-9-19)18-16(21)15-10-12(17)11-20(15)14-3-4-14/h10-11,13-14H,2-9,17H2,1H3,(H,18,21). The van der Waals surface area contributed by atoms with E-state index in [2.05, 4.69) is 21.7 Å². The van der Waals surface area contributed by atoms with Crippen molar-refractivity contribution in [2.24, 2.45) is 0 Å². The van der Waals surface area contributed by atoms with Crippen LogP contribution in [0.4, 0.5) is 5.69 Å². The summed E-state index contributed by atoms with van der Waals surface area (Å²) in [7, 11) is 0. The predicted octanol–water partition coefficient (Wildman–Crippen LogP) is 2.01. The number of rotatable bonds is 5. The summed E-state index contributed by atoms with van der Waals surface area (Å²) in [5, 5.41) is 3.19. The number of carbonyl (C=O) groups excluding carboxylic acids is 1. The normalized spacial score (nSPS) is 20.6. The van der Waals surface area contributed by atoms with Crippen molar-refractivity contribution in [2.75, 3.05) is 25.4 Å². The average Bonchev–Trinajstić information content (AvgIpc) is 3.24. The number of amides is 1. The summed E-state index contributed by atoms with van der Waals surface area (Å²) >= 11 is 0. The molecule has 5 nitrogen and oxygen atoms in total. The summed E-state index contributed by atoms with van der Waals surface area (Å²) in [6.07, 6.45) is 7.51. The summed E-state index contributed by atoms with van der Waals surface area (Å²) in [4.78, 5) is 15.0. The highest BCUT2D eigenvalue weighted by molar-refractivity contribution is 5.94. The summed E-state index contributed by atoms with van der Waals surface area (Å²) < 4.78 is 2.05. The number of hydrogen-bond donors (Lipinski definition) is 2. The number of likely N-dealkylation sites (tertiary alicyclic amines) is 1. The second-order valence-corrected chi connectivity index (χ2v) is 6.39. The van der Waals surface area contributed by atoms with Crippen LogP contribution in [0.15, 0.2) is 12.3 Å². The van der Waals surface area contributed by atoms with E-state index in [1.165, 1.54) is 13.0 Å². The van der Waals surface area contributed by atoms with Crippen molar-refractivity contribution in [3.63, 3.8) is 0 Å². The minimum Gasteiger partial charge on any atom is -0.397 e. The van der Waals surface area contributed by atoms with Crippen LogP contribution in [0, 0.1) is 0 Å². The van der Waals surface area contributed by atoms with Gasteiger partial charge in [0.25, 0.3) is 5.91 Å². The second kappa shape index (κ2) is 6.10. The zero-order chi connectivity index (χ0) is 14.8. The van der Waals surface area contributed by atoms with E-state index in [1.54, 1.807) is 6.07 Å². The molecule has 0 bridgehead atoms. The molecule has 2 aliphatic rings. The summed E-state index contributed by atoms with van der Waals surface area (Å²) in [5.74, 6) is 0.0348. The zero-order valence-corrected chi connectivity index (χ0v) is 12.8. The van der Waals surface area contributed by atoms with E-state index in [0.717, 1.165) is 44.5 Å². The fourth-order valence-electron chi connectivity index (χ4n) is 3.21. The highest BCUT2D eigenvalue weighted by atomic mass is 16.2. The van der Waals surface area contributed by atoms with Crippen LogP contribution >= 0.6 is 0 Å². The Morgan fingerprint density at radius 3 is 2.67 bits per heavy atom. The van der Waals surface area contributed by atoms with Gasteiger partial charge in [-0.2, -0.15) is 0 Å². The number of carbonyl (C=O) groups is 1. The average molecular weight is 290 g/mol. The van der Waals surface area contributed by atoms with Gasteiger partial charge in [-0.1, -0.05) is 6.92 Å². The Bertz CT molecular complexity index is 498. The van der Waals surface area contributed by atoms with Gasteiger partial charge < -0.3 is 20.5 Å². The largest absolute Gasteiger partial charge is 0.397 e. The van der Waals surface area contributed by atoms with Gasteiger partial charge in [-0.05, 0) is 44.7 Å². The molecule has 1 aromatic rings. The van der Waals surface area contributed by atoms with E-state index in [0.29, 0.717) is 17.8 Å². The Kier molecular flexibility index (Phi) is 4.19. The van der Waals surface area contributed by atoms with Crippen LogP contribution in [0.2, 0.25) is 0 Å². The molecule has 0 spiro atoms. The lowest BCUT2D eigenvalue weighted by atomic mass is 10.0. The lowest BCUT2D eigenvalue weighted by Crippen LogP contribution is -2.45. The molecule has 1 saturated carbocycles. The number of nitrogens with one attached hydrogen (secondary N) is 1. The molecule has 0 unspecified atom stereocenters. The molecule has 1 aliphatic heterocycles. The monoisotopic (exact) mass is 290 g/mol. The molecule has 116 valence electrons. The van der Waals surface area contributed by atoms with E-state index >= 15 is 0 Å². The Hall–Kier alpha value is -1.49. The van der Waals surface area contributed by atoms with Gasteiger partial charge in [0, 0.05) is 31.4 Å². The first-order chi connectivity index (χ1) is 10.2. The van der Waals surface area contributed by atoms with Crippen molar-refractivity contribution in [3.05, 3.63) is 18.0 Å². The predicted molar refractivity (Wildman–Crippen MR) is 84.3 cm³/mol. The van der Waals surface area contributed by atoms with Crippen LogP contribution in [-0.4, -0.2) is 41.1 Å². The smallest absolute Gasteiger partial charge is 0.268 e. The SMILES string of the molecule is CCCN1CCC(NC(=O)c2cc(N)cn2C2CC2)CC1. The molecule has 3 rings (SSSR count). The molecule has 0 radical (unpaired) electrons. The lowest BCUT2D eigenvalue weighted by Gasteiger charge is -2.32. The summed E-state index contributed by atoms with van der Waals surface area (Å²) in [5.41, 5.74) is 7.27. The number of nitrogens with zero attached hydrogens (tertiary/aromatic N) is 2. The Labute approximate surface area is 126 Å². The van der Waals surface area contributed by atoms with Crippen LogP contribution in [0.3, 0.4) is 0 Å². The van der Waals surface area contributed by atoms with Crippen molar-refractivity contribution in [1.29, 1.82) is 0 Å². The maximum Gasteiger partial charge on any atom is 0.268 e. The molecule has 1 amide bonds. The van der Waals surface area contributed by atoms with Crippen molar-refractivity contribution in [3.8, 4) is 0 Å². The van der Waals surface area contributed by atoms with Gasteiger partial charge in [0.15, 0.2) is 0 Å². The number of anilines is 1. The molecule has 1 aromatic heterocycles. The molecular weight excluding hydrogens is 264 g/mol. The van der Waals surface area contributed by atoms with Gasteiger partial charge in [0.1, 0.15) is 5.69 Å². The summed E-state index contributed by atoms with van der Waals surface area (Å²) in [6.45, 7) is 5.56. The Morgan fingerprint density at radius 1 is 1.33 bits per heavy atom. The van der Waals surface area contributed by atoms with E-state index in [1.807, 2.05) is 6.20 Å². The summed E-state index contributed by atoms with van der Waals surface area (Å²) in [6, 6.07) is 2.59. The third kappa shape index (κ3) is 3.40. The van der Waals surface area contributed by atoms with Gasteiger partial charge >= 0.3 is 0 Å². The van der Waals surface area contributed by atoms with Crippen LogP contribution < -0.4 is 11.1 Å². The molecule has 1 aliphatic carbocycles. The molecule has 3 N–H and O–H groups in total. The number of aromatic nitrogens is 1. The fourth-order valence-corrected chi connectivity index (χ4v) is 3.21. The molecule has 2 heterocycles. The van der Waals surface area contributed by atoms with Crippen LogP contribution in [0.25, 0.3) is 0 Å². The van der Waals surface area contributed by atoms with Gasteiger partial charge in [0.05, 0.1) is 5.69 Å². The quantitative estimate of drug-likeness (QED) is 0.872. The highest BCUT2D eigenvalue weighted by Crippen LogP contribution is 2.37. The van der Waals surface area contributed by atoms with Gasteiger partial charge in [-0.15, -0.1) is 0 Å². The van der Waals surface area contributed by atoms with Gasteiger partial charge in [-0.3, -0.25) is 4.79 Å². The molecule has 21 heavy (non-hydrogen) atoms. The number of nitrogen functional groups attached to an aromatic ring is 1. The first-order valence-corrected chi connectivity index (χ1v) is 8.18. The maximum absolute atomic E-state index is 12.5. The van der Waals surface area contributed by atoms with Gasteiger partial charge in [0.2, 0.25) is 0 Å². The third-order valence-electron chi connectivity index (χ3n) is 4.51. The third-order valence-corrected chi connectivity index (χ3v) is 4.51. The number of nitrogens with two attached hydrogens (primary N) is 1. The van der Waals surface area contributed by atoms with Crippen LogP contribution in [-0.2, 0) is 0 Å².